The summed E-state index contributed by atoms with van der Waals surface area (Å²) in [6.07, 6.45) is 3.70. The summed E-state index contributed by atoms with van der Waals surface area (Å²) in [5.41, 5.74) is 5.26. The second-order valence-electron chi connectivity index (χ2n) is 12.3. The van der Waals surface area contributed by atoms with E-state index >= 15 is 0 Å². The van der Waals surface area contributed by atoms with Gasteiger partial charge in [-0.25, -0.2) is 4.79 Å². The second kappa shape index (κ2) is 14.0. The topological polar surface area (TPSA) is 85.7 Å². The molecule has 9 nitrogen and oxygen atoms in total. The molecule has 234 valence electrons. The fourth-order valence-electron chi connectivity index (χ4n) is 6.31. The van der Waals surface area contributed by atoms with E-state index in [2.05, 4.69) is 75.8 Å². The molecule has 0 bridgehead atoms. The predicted molar refractivity (Wildman–Crippen MR) is 182 cm³/mol. The van der Waals surface area contributed by atoms with E-state index in [0.29, 0.717) is 37.8 Å². The number of amides is 2. The van der Waals surface area contributed by atoms with Gasteiger partial charge in [-0.05, 0) is 48.1 Å². The smallest absolute Gasteiger partial charge is 0.321 e. The molecule has 6 rings (SSSR count). The van der Waals surface area contributed by atoms with Gasteiger partial charge in [-0.15, -0.1) is 0 Å². The maximum atomic E-state index is 14.0. The quantitative estimate of drug-likeness (QED) is 0.265. The summed E-state index contributed by atoms with van der Waals surface area (Å²) in [7, 11) is 0. The number of hydrogen-bond acceptors (Lipinski definition) is 6. The standard InChI is InChI=1S/C36H43N7O2/c1-27(2)31-15-9-10-16-32(31)39-36(45)42-23-21-41(22-24-42)33-25-37-43(30-13-7-4-8-14-30)35(44)34(33)38-29-17-19-40(20-18-29)26-28-11-5-3-6-12-28/h3-16,25,27,29,38H,17-24,26H2,1-2H3,(H,39,45). The van der Waals surface area contributed by atoms with E-state index in [1.807, 2.05) is 53.4 Å². The van der Waals surface area contributed by atoms with Gasteiger partial charge in [-0.2, -0.15) is 9.78 Å². The molecule has 2 N–H and O–H groups in total. The van der Waals surface area contributed by atoms with E-state index in [0.717, 1.165) is 55.1 Å². The Kier molecular flexibility index (Phi) is 9.45. The van der Waals surface area contributed by atoms with Crippen LogP contribution in [0.1, 0.15) is 43.7 Å². The lowest BCUT2D eigenvalue weighted by atomic mass is 10.0. The molecule has 3 aromatic carbocycles. The number of urea groups is 1. The SMILES string of the molecule is CC(C)c1ccccc1NC(=O)N1CCN(c2cnn(-c3ccccc3)c(=O)c2NC2CCN(Cc3ccccc3)CC2)CC1. The molecule has 2 saturated heterocycles. The fraction of sp³-hybridized carbons (Fsp3) is 0.361. The number of rotatable bonds is 8. The number of hydrogen-bond donors (Lipinski definition) is 2. The van der Waals surface area contributed by atoms with Crippen LogP contribution in [-0.4, -0.2) is 70.9 Å². The number of para-hydroxylation sites is 2. The Morgan fingerprint density at radius 3 is 2.18 bits per heavy atom. The molecule has 2 fully saturated rings. The van der Waals surface area contributed by atoms with Crippen molar-refractivity contribution in [3.05, 3.63) is 113 Å². The average molecular weight is 606 g/mol. The van der Waals surface area contributed by atoms with E-state index in [9.17, 15) is 9.59 Å². The Labute approximate surface area is 265 Å². The highest BCUT2D eigenvalue weighted by atomic mass is 16.2. The van der Waals surface area contributed by atoms with Gasteiger partial charge in [-0.1, -0.05) is 80.6 Å². The third-order valence-electron chi connectivity index (χ3n) is 8.88. The van der Waals surface area contributed by atoms with Crippen molar-refractivity contribution in [2.24, 2.45) is 0 Å². The van der Waals surface area contributed by atoms with Crippen LogP contribution in [0.4, 0.5) is 21.9 Å². The van der Waals surface area contributed by atoms with Crippen LogP contribution in [0.15, 0.2) is 95.9 Å². The first-order valence-electron chi connectivity index (χ1n) is 16.1. The van der Waals surface area contributed by atoms with Gasteiger partial charge >= 0.3 is 6.03 Å². The minimum absolute atomic E-state index is 0.0963. The summed E-state index contributed by atoms with van der Waals surface area (Å²) in [5, 5.41) is 11.4. The highest BCUT2D eigenvalue weighted by molar-refractivity contribution is 5.90. The highest BCUT2D eigenvalue weighted by Crippen LogP contribution is 2.28. The van der Waals surface area contributed by atoms with Crippen molar-refractivity contribution in [3.63, 3.8) is 0 Å². The zero-order valence-electron chi connectivity index (χ0n) is 26.2. The molecule has 4 aromatic rings. The van der Waals surface area contributed by atoms with Crippen LogP contribution in [0.25, 0.3) is 5.69 Å². The summed E-state index contributed by atoms with van der Waals surface area (Å²) >= 11 is 0. The van der Waals surface area contributed by atoms with Crippen molar-refractivity contribution in [1.29, 1.82) is 0 Å². The second-order valence-corrected chi connectivity index (χ2v) is 12.3. The maximum Gasteiger partial charge on any atom is 0.321 e. The van der Waals surface area contributed by atoms with Gasteiger partial charge in [-0.3, -0.25) is 9.69 Å². The number of nitrogens with zero attached hydrogens (tertiary/aromatic N) is 5. The minimum atomic E-state index is -0.157. The zero-order valence-corrected chi connectivity index (χ0v) is 26.2. The van der Waals surface area contributed by atoms with Gasteiger partial charge in [0.25, 0.3) is 5.56 Å². The Morgan fingerprint density at radius 1 is 0.844 bits per heavy atom. The number of benzene rings is 3. The number of piperidine rings is 1. The van der Waals surface area contributed by atoms with Crippen molar-refractivity contribution in [2.75, 3.05) is 54.8 Å². The summed E-state index contributed by atoms with van der Waals surface area (Å²) in [4.78, 5) is 33.7. The highest BCUT2D eigenvalue weighted by Gasteiger charge is 2.27. The van der Waals surface area contributed by atoms with Crippen LogP contribution in [0, 0.1) is 0 Å². The number of anilines is 3. The van der Waals surface area contributed by atoms with Crippen molar-refractivity contribution >= 4 is 23.1 Å². The zero-order chi connectivity index (χ0) is 31.2. The maximum absolute atomic E-state index is 14.0. The number of likely N-dealkylation sites (tertiary alicyclic amines) is 1. The molecule has 1 aromatic heterocycles. The molecule has 0 radical (unpaired) electrons. The Bertz CT molecular complexity index is 1620. The lowest BCUT2D eigenvalue weighted by Gasteiger charge is -2.38. The Morgan fingerprint density at radius 2 is 1.49 bits per heavy atom. The van der Waals surface area contributed by atoms with Crippen LogP contribution in [-0.2, 0) is 6.54 Å². The number of carbonyl (C=O) groups excluding carboxylic acids is 1. The molecule has 2 amide bonds. The summed E-state index contributed by atoms with van der Waals surface area (Å²) in [5.74, 6) is 0.311. The van der Waals surface area contributed by atoms with Gasteiger partial charge < -0.3 is 20.4 Å². The van der Waals surface area contributed by atoms with Crippen LogP contribution < -0.4 is 21.1 Å². The molecule has 3 heterocycles. The summed E-state index contributed by atoms with van der Waals surface area (Å²) in [6, 6.07) is 28.2. The number of carbonyl (C=O) groups is 1. The molecule has 2 aliphatic rings. The predicted octanol–water partition coefficient (Wildman–Crippen LogP) is 5.79. The lowest BCUT2D eigenvalue weighted by molar-refractivity contribution is 0.208. The van der Waals surface area contributed by atoms with Crippen LogP contribution in [0.2, 0.25) is 0 Å². The number of nitrogens with one attached hydrogen (secondary N) is 2. The number of piperazine rings is 1. The normalized spacial score (nSPS) is 16.2. The van der Waals surface area contributed by atoms with Crippen molar-refractivity contribution in [1.82, 2.24) is 19.6 Å². The van der Waals surface area contributed by atoms with Crippen LogP contribution in [0.5, 0.6) is 0 Å². The van der Waals surface area contributed by atoms with E-state index < -0.39 is 0 Å². The van der Waals surface area contributed by atoms with Crippen molar-refractivity contribution in [3.8, 4) is 5.69 Å². The largest absolute Gasteiger partial charge is 0.376 e. The molecule has 0 saturated carbocycles. The molecular formula is C36H43N7O2. The van der Waals surface area contributed by atoms with Crippen molar-refractivity contribution < 1.29 is 4.79 Å². The van der Waals surface area contributed by atoms with Gasteiger partial charge in [0, 0.05) is 57.5 Å². The summed E-state index contributed by atoms with van der Waals surface area (Å²) < 4.78 is 1.48. The van der Waals surface area contributed by atoms with E-state index in [1.165, 1.54) is 10.2 Å². The average Bonchev–Trinajstić information content (AvgIpc) is 3.07. The molecule has 45 heavy (non-hydrogen) atoms. The minimum Gasteiger partial charge on any atom is -0.376 e. The van der Waals surface area contributed by atoms with Gasteiger partial charge in [0.15, 0.2) is 0 Å². The van der Waals surface area contributed by atoms with Gasteiger partial charge in [0.05, 0.1) is 17.6 Å². The van der Waals surface area contributed by atoms with Gasteiger partial charge in [0.2, 0.25) is 0 Å². The number of aromatic nitrogens is 2. The first kappa shape index (κ1) is 30.4. The molecule has 9 heteroatoms. The molecule has 0 atom stereocenters. The molecule has 0 aliphatic carbocycles. The van der Waals surface area contributed by atoms with E-state index in [1.54, 1.807) is 6.20 Å². The Balaban J connectivity index is 1.16. The molecular weight excluding hydrogens is 562 g/mol. The van der Waals surface area contributed by atoms with Gasteiger partial charge in [0.1, 0.15) is 5.69 Å². The molecule has 2 aliphatic heterocycles. The van der Waals surface area contributed by atoms with Crippen LogP contribution in [0.3, 0.4) is 0 Å². The third kappa shape index (κ3) is 7.20. The fourth-order valence-corrected chi connectivity index (χ4v) is 6.31. The van der Waals surface area contributed by atoms with Crippen LogP contribution >= 0.6 is 0 Å². The third-order valence-corrected chi connectivity index (χ3v) is 8.88. The Hall–Kier alpha value is -4.63. The van der Waals surface area contributed by atoms with Crippen molar-refractivity contribution in [2.45, 2.75) is 45.2 Å². The van der Waals surface area contributed by atoms with E-state index in [-0.39, 0.29) is 17.6 Å². The molecule has 0 spiro atoms. The lowest BCUT2D eigenvalue weighted by Crippen LogP contribution is -2.50. The van der Waals surface area contributed by atoms with E-state index in [4.69, 9.17) is 0 Å². The first-order chi connectivity index (χ1) is 22.0. The summed E-state index contributed by atoms with van der Waals surface area (Å²) in [6.45, 7) is 9.45. The monoisotopic (exact) mass is 605 g/mol. The molecule has 0 unspecified atom stereocenters. The first-order valence-corrected chi connectivity index (χ1v) is 16.1.